The topological polar surface area (TPSA) is 8.81 Å². The van der Waals surface area contributed by atoms with Crippen LogP contribution in [0.4, 0.5) is 17.3 Å². The Bertz CT molecular complexity index is 813. The van der Waals surface area contributed by atoms with Crippen LogP contribution >= 0.6 is 0 Å². The number of rotatable bonds is 17. The summed E-state index contributed by atoms with van der Waals surface area (Å²) in [4.78, 5) is 0. The molecule has 35 heavy (non-hydrogen) atoms. The van der Waals surface area contributed by atoms with E-state index in [0.29, 0.717) is 0 Å². The monoisotopic (exact) mass is 498 g/mol. The van der Waals surface area contributed by atoms with E-state index in [0.717, 1.165) is 0 Å². The van der Waals surface area contributed by atoms with Gasteiger partial charge in [-0.1, -0.05) is 109 Å². The minimum Gasteiger partial charge on any atom is -0.418 e. The molecular formula is C28H47BF4N2. The first-order chi connectivity index (χ1) is 16.9. The largest absolute Gasteiger partial charge is 0.673 e. The third kappa shape index (κ3) is 12.3. The van der Waals surface area contributed by atoms with Gasteiger partial charge < -0.3 is 17.3 Å². The number of unbranched alkanes of at least 4 members (excludes halogenated alkanes) is 15. The Balaban J connectivity index is 0.000000784. The predicted molar refractivity (Wildman–Crippen MR) is 140 cm³/mol. The number of halogens is 4. The number of hydrogen-bond acceptors (Lipinski definition) is 0. The molecule has 0 amide bonds. The fraction of sp³-hybridized carbons (Fsp3) is 0.750. The van der Waals surface area contributed by atoms with Gasteiger partial charge in [0.2, 0.25) is 0 Å². The molecule has 2 heterocycles. The Morgan fingerprint density at radius 1 is 0.714 bits per heavy atom. The standard InChI is InChI=1S/C28H47N2.BF4/c1-2-3-4-5-6-7-8-9-10-11-12-13-14-15-16-19-24-29-26-21-17-18-22-27(26)30-25-20-23-28(29)30;2-1(3,4)5/h17-18,21-22H,2-16,19-20,23-25H2,1H3;/q+1;-1. The number of aromatic nitrogens is 2. The highest BCUT2D eigenvalue weighted by molar-refractivity contribution is 6.50. The molecule has 1 aliphatic heterocycles. The number of para-hydroxylation sites is 2. The molecule has 7 heteroatoms. The molecular weight excluding hydrogens is 451 g/mol. The summed E-state index contributed by atoms with van der Waals surface area (Å²) in [5.74, 6) is 1.57. The summed E-state index contributed by atoms with van der Waals surface area (Å²) in [6.45, 7) is 4.72. The molecule has 200 valence electrons. The molecule has 0 N–H and O–H groups in total. The smallest absolute Gasteiger partial charge is 0.418 e. The molecule has 0 unspecified atom stereocenters. The first-order valence-corrected chi connectivity index (χ1v) is 14.3. The molecule has 1 aromatic carbocycles. The lowest BCUT2D eigenvalue weighted by Crippen LogP contribution is -2.31. The van der Waals surface area contributed by atoms with Crippen LogP contribution in [0.1, 0.15) is 122 Å². The van der Waals surface area contributed by atoms with E-state index < -0.39 is 7.25 Å². The maximum Gasteiger partial charge on any atom is 0.673 e. The van der Waals surface area contributed by atoms with E-state index in [4.69, 9.17) is 0 Å². The molecule has 2 aromatic rings. The van der Waals surface area contributed by atoms with Gasteiger partial charge in [0.15, 0.2) is 11.0 Å². The summed E-state index contributed by atoms with van der Waals surface area (Å²) in [6, 6.07) is 9.00. The number of imidazole rings is 1. The number of nitrogens with zero attached hydrogens (tertiary/aromatic N) is 2. The van der Waals surface area contributed by atoms with Crippen molar-refractivity contribution in [3.8, 4) is 0 Å². The fourth-order valence-corrected chi connectivity index (χ4v) is 5.33. The van der Waals surface area contributed by atoms with E-state index in [1.165, 1.54) is 140 Å². The van der Waals surface area contributed by atoms with Gasteiger partial charge in [0.1, 0.15) is 0 Å². The van der Waals surface area contributed by atoms with Crippen molar-refractivity contribution in [2.24, 2.45) is 0 Å². The number of hydrogen-bond donors (Lipinski definition) is 0. The predicted octanol–water partition coefficient (Wildman–Crippen LogP) is 9.44. The quantitative estimate of drug-likeness (QED) is 0.0889. The van der Waals surface area contributed by atoms with E-state index in [1.54, 1.807) is 5.82 Å². The minimum absolute atomic E-state index is 1.21. The van der Waals surface area contributed by atoms with Gasteiger partial charge in [0.25, 0.3) is 5.82 Å². The van der Waals surface area contributed by atoms with Crippen molar-refractivity contribution in [1.29, 1.82) is 0 Å². The molecule has 1 aromatic heterocycles. The number of aryl methyl sites for hydroxylation is 2. The number of fused-ring (bicyclic) bond motifs is 3. The molecule has 0 spiro atoms. The summed E-state index contributed by atoms with van der Waals surface area (Å²) < 4.78 is 44.2. The average molecular weight is 499 g/mol. The molecule has 0 saturated carbocycles. The zero-order chi connectivity index (χ0) is 25.4. The first kappa shape index (κ1) is 29.7. The molecule has 3 rings (SSSR count). The van der Waals surface area contributed by atoms with Crippen LogP contribution in [0.15, 0.2) is 24.3 Å². The first-order valence-electron chi connectivity index (χ1n) is 14.3. The second kappa shape index (κ2) is 17.0. The van der Waals surface area contributed by atoms with Crippen molar-refractivity contribution in [2.75, 3.05) is 0 Å². The summed E-state index contributed by atoms with van der Waals surface area (Å²) in [5, 5.41) is 0. The molecule has 0 saturated heterocycles. The van der Waals surface area contributed by atoms with Crippen molar-refractivity contribution in [3.05, 3.63) is 30.1 Å². The molecule has 0 aliphatic carbocycles. The Labute approximate surface area is 210 Å². The highest BCUT2D eigenvalue weighted by Gasteiger charge is 2.28. The normalized spacial score (nSPS) is 13.2. The minimum atomic E-state index is -6.00. The summed E-state index contributed by atoms with van der Waals surface area (Å²) in [7, 11) is -6.00. The Kier molecular flexibility index (Phi) is 14.4. The second-order valence-corrected chi connectivity index (χ2v) is 10.1. The van der Waals surface area contributed by atoms with Gasteiger partial charge in [-0.15, -0.1) is 0 Å². The van der Waals surface area contributed by atoms with Gasteiger partial charge >= 0.3 is 7.25 Å². The van der Waals surface area contributed by atoms with Gasteiger partial charge in [0.05, 0.1) is 19.5 Å². The van der Waals surface area contributed by atoms with Crippen LogP contribution in [0.25, 0.3) is 11.0 Å². The lowest BCUT2D eigenvalue weighted by Gasteiger charge is -2.04. The highest BCUT2D eigenvalue weighted by atomic mass is 19.5. The molecule has 0 radical (unpaired) electrons. The van der Waals surface area contributed by atoms with E-state index in [9.17, 15) is 17.3 Å². The maximum absolute atomic E-state index is 9.75. The SMILES string of the molecule is CCCCCCCCCCCCCCCCCCn1c2[n+](c3ccccc31)CCC2.F[B-](F)(F)F. The van der Waals surface area contributed by atoms with Crippen LogP contribution in [-0.2, 0) is 19.5 Å². The van der Waals surface area contributed by atoms with Gasteiger partial charge in [-0.3, -0.25) is 0 Å². The molecule has 0 fully saturated rings. The lowest BCUT2D eigenvalue weighted by molar-refractivity contribution is -0.665. The second-order valence-electron chi connectivity index (χ2n) is 10.1. The van der Waals surface area contributed by atoms with Crippen LogP contribution in [-0.4, -0.2) is 11.8 Å². The summed E-state index contributed by atoms with van der Waals surface area (Å²) in [5.41, 5.74) is 2.90. The Morgan fingerprint density at radius 3 is 1.69 bits per heavy atom. The fourth-order valence-electron chi connectivity index (χ4n) is 5.33. The van der Waals surface area contributed by atoms with Gasteiger partial charge in [-0.2, -0.15) is 0 Å². The average Bonchev–Trinajstić information content (AvgIpc) is 3.40. The van der Waals surface area contributed by atoms with E-state index in [2.05, 4.69) is 40.3 Å². The van der Waals surface area contributed by atoms with E-state index in [-0.39, 0.29) is 0 Å². The molecule has 2 nitrogen and oxygen atoms in total. The van der Waals surface area contributed by atoms with E-state index >= 15 is 0 Å². The van der Waals surface area contributed by atoms with Gasteiger partial charge in [-0.25, -0.2) is 9.13 Å². The van der Waals surface area contributed by atoms with E-state index in [1.807, 2.05) is 0 Å². The van der Waals surface area contributed by atoms with Crippen LogP contribution < -0.4 is 4.57 Å². The lowest BCUT2D eigenvalue weighted by atomic mass is 10.0. The molecule has 0 bridgehead atoms. The van der Waals surface area contributed by atoms with Crippen LogP contribution in [0, 0.1) is 0 Å². The Morgan fingerprint density at radius 2 is 1.17 bits per heavy atom. The Hall–Kier alpha value is -1.53. The van der Waals surface area contributed by atoms with Crippen molar-refractivity contribution >= 4 is 18.3 Å². The zero-order valence-corrected chi connectivity index (χ0v) is 21.9. The third-order valence-electron chi connectivity index (χ3n) is 7.10. The molecule has 1 aliphatic rings. The van der Waals surface area contributed by atoms with Crippen molar-refractivity contribution in [2.45, 2.75) is 136 Å². The van der Waals surface area contributed by atoms with Crippen LogP contribution in [0.3, 0.4) is 0 Å². The van der Waals surface area contributed by atoms with Crippen molar-refractivity contribution in [3.63, 3.8) is 0 Å². The van der Waals surface area contributed by atoms with Gasteiger partial charge in [-0.05, 0) is 31.4 Å². The van der Waals surface area contributed by atoms with Gasteiger partial charge in [0, 0.05) is 0 Å². The van der Waals surface area contributed by atoms with Crippen LogP contribution in [0.2, 0.25) is 0 Å². The third-order valence-corrected chi connectivity index (χ3v) is 7.10. The maximum atomic E-state index is 9.75. The summed E-state index contributed by atoms with van der Waals surface area (Å²) >= 11 is 0. The van der Waals surface area contributed by atoms with Crippen molar-refractivity contribution in [1.82, 2.24) is 4.57 Å². The zero-order valence-electron chi connectivity index (χ0n) is 21.9. The molecule has 0 atom stereocenters. The van der Waals surface area contributed by atoms with Crippen LogP contribution in [0.5, 0.6) is 0 Å². The summed E-state index contributed by atoms with van der Waals surface area (Å²) in [6.07, 6.45) is 25.6. The number of benzene rings is 1. The van der Waals surface area contributed by atoms with Crippen molar-refractivity contribution < 1.29 is 21.8 Å². The highest BCUT2D eigenvalue weighted by Crippen LogP contribution is 2.21.